The van der Waals surface area contributed by atoms with Gasteiger partial charge in [0.15, 0.2) is 5.76 Å². The van der Waals surface area contributed by atoms with Gasteiger partial charge in [0.1, 0.15) is 11.3 Å². The van der Waals surface area contributed by atoms with E-state index in [1.54, 1.807) is 24.3 Å². The summed E-state index contributed by atoms with van der Waals surface area (Å²) in [7, 11) is 0. The molecule has 0 saturated carbocycles. The number of carboxylic acids is 1. The van der Waals surface area contributed by atoms with Crippen LogP contribution in [-0.4, -0.2) is 26.3 Å². The Bertz CT molecular complexity index is 741. The number of carboxylic acid groups (broad SMARTS) is 1. The van der Waals surface area contributed by atoms with E-state index in [1.165, 1.54) is 0 Å². The zero-order valence-corrected chi connectivity index (χ0v) is 9.04. The summed E-state index contributed by atoms with van der Waals surface area (Å²) in [5, 5.41) is 22.7. The second kappa shape index (κ2) is 3.63. The van der Waals surface area contributed by atoms with Crippen molar-refractivity contribution >= 4 is 16.9 Å². The minimum atomic E-state index is -1.12. The molecule has 3 N–H and O–H groups in total. The molecule has 0 aliphatic carbocycles. The minimum Gasteiger partial charge on any atom is -0.507 e. The van der Waals surface area contributed by atoms with Crippen LogP contribution in [0.4, 0.5) is 0 Å². The summed E-state index contributed by atoms with van der Waals surface area (Å²) < 4.78 is 4.94. The van der Waals surface area contributed by atoms with Crippen molar-refractivity contribution in [3.63, 3.8) is 0 Å². The predicted octanol–water partition coefficient (Wildman–Crippen LogP) is 2.23. The first-order valence-corrected chi connectivity index (χ1v) is 5.16. The summed E-state index contributed by atoms with van der Waals surface area (Å²) in [6, 6.07) is 6.64. The quantitative estimate of drug-likeness (QED) is 0.641. The first kappa shape index (κ1) is 10.4. The van der Waals surface area contributed by atoms with Crippen LogP contribution in [-0.2, 0) is 0 Å². The van der Waals surface area contributed by atoms with E-state index in [9.17, 15) is 9.90 Å². The highest BCUT2D eigenvalue weighted by Gasteiger charge is 2.19. The van der Waals surface area contributed by atoms with Crippen molar-refractivity contribution in [2.24, 2.45) is 0 Å². The van der Waals surface area contributed by atoms with Crippen LogP contribution >= 0.6 is 0 Å². The number of nitrogens with one attached hydrogen (secondary N) is 1. The molecule has 2 aromatic heterocycles. The van der Waals surface area contributed by atoms with E-state index in [4.69, 9.17) is 9.63 Å². The summed E-state index contributed by atoms with van der Waals surface area (Å²) in [5.41, 5.74) is 1.13. The van der Waals surface area contributed by atoms with Gasteiger partial charge in [0.2, 0.25) is 0 Å². The van der Waals surface area contributed by atoms with E-state index >= 15 is 0 Å². The number of nitrogens with zero attached hydrogens (tertiary/aromatic N) is 1. The molecule has 18 heavy (non-hydrogen) atoms. The fraction of sp³-hybridized carbons (Fsp3) is 0. The van der Waals surface area contributed by atoms with E-state index in [0.29, 0.717) is 16.6 Å². The number of aromatic amines is 1. The molecule has 0 unspecified atom stereocenters. The Morgan fingerprint density at radius 3 is 2.94 bits per heavy atom. The highest BCUT2D eigenvalue weighted by Crippen LogP contribution is 2.31. The molecule has 3 aromatic rings. The number of aromatic hydroxyl groups is 1. The van der Waals surface area contributed by atoms with Crippen LogP contribution in [0.2, 0.25) is 0 Å². The van der Waals surface area contributed by atoms with Gasteiger partial charge in [-0.25, -0.2) is 4.79 Å². The van der Waals surface area contributed by atoms with E-state index in [2.05, 4.69) is 10.1 Å². The maximum atomic E-state index is 11.0. The predicted molar refractivity (Wildman–Crippen MR) is 62.4 cm³/mol. The smallest absolute Gasteiger partial charge is 0.341 e. The summed E-state index contributed by atoms with van der Waals surface area (Å²) in [6.45, 7) is 0. The molecule has 0 saturated heterocycles. The van der Waals surface area contributed by atoms with Crippen LogP contribution in [0.15, 0.2) is 35.0 Å². The highest BCUT2D eigenvalue weighted by molar-refractivity contribution is 5.96. The van der Waals surface area contributed by atoms with Gasteiger partial charge in [0, 0.05) is 10.9 Å². The molecule has 0 radical (unpaired) electrons. The molecule has 2 heterocycles. The summed E-state index contributed by atoms with van der Waals surface area (Å²) in [4.78, 5) is 14.0. The van der Waals surface area contributed by atoms with Crippen LogP contribution in [0.5, 0.6) is 5.75 Å². The number of rotatable bonds is 2. The molecule has 0 amide bonds. The molecule has 0 atom stereocenters. The Morgan fingerprint density at radius 2 is 2.22 bits per heavy atom. The topological polar surface area (TPSA) is 99.3 Å². The van der Waals surface area contributed by atoms with Crippen LogP contribution in [0.3, 0.4) is 0 Å². The lowest BCUT2D eigenvalue weighted by Crippen LogP contribution is -1.95. The molecule has 0 aliphatic heterocycles. The fourth-order valence-electron chi connectivity index (χ4n) is 1.85. The average Bonchev–Trinajstić information content (AvgIpc) is 2.95. The van der Waals surface area contributed by atoms with Crippen molar-refractivity contribution in [3.05, 3.63) is 36.0 Å². The fourth-order valence-corrected chi connectivity index (χ4v) is 1.85. The first-order valence-electron chi connectivity index (χ1n) is 5.16. The second-order valence-corrected chi connectivity index (χ2v) is 3.80. The third-order valence-electron chi connectivity index (χ3n) is 2.69. The van der Waals surface area contributed by atoms with Gasteiger partial charge in [0.25, 0.3) is 0 Å². The third-order valence-corrected chi connectivity index (χ3v) is 2.69. The lowest BCUT2D eigenvalue weighted by atomic mass is 10.2. The number of hydrogen-bond acceptors (Lipinski definition) is 4. The molecular formula is C12H8N2O4. The van der Waals surface area contributed by atoms with Crippen LogP contribution in [0, 0.1) is 0 Å². The van der Waals surface area contributed by atoms with E-state index in [1.807, 2.05) is 0 Å². The Hall–Kier alpha value is -2.76. The Balaban J connectivity index is 2.23. The Kier molecular flexibility index (Phi) is 2.09. The molecule has 6 nitrogen and oxygen atoms in total. The lowest BCUT2D eigenvalue weighted by molar-refractivity contribution is 0.0697. The number of H-pyrrole nitrogens is 1. The molecule has 3 rings (SSSR count). The molecule has 0 aliphatic rings. The number of aromatic carboxylic acids is 1. The number of phenolic OH excluding ortho intramolecular Hbond substituents is 1. The van der Waals surface area contributed by atoms with Gasteiger partial charge in [0.05, 0.1) is 11.9 Å². The molecule has 1 aromatic carbocycles. The summed E-state index contributed by atoms with van der Waals surface area (Å²) in [5.74, 6) is -0.862. The molecular weight excluding hydrogens is 236 g/mol. The van der Waals surface area contributed by atoms with E-state index < -0.39 is 5.97 Å². The number of aromatic nitrogens is 2. The van der Waals surface area contributed by atoms with Gasteiger partial charge in [-0.15, -0.1) is 0 Å². The van der Waals surface area contributed by atoms with E-state index in [-0.39, 0.29) is 17.1 Å². The molecule has 0 spiro atoms. The maximum absolute atomic E-state index is 11.0. The van der Waals surface area contributed by atoms with Crippen molar-refractivity contribution in [2.75, 3.05) is 0 Å². The zero-order valence-electron chi connectivity index (χ0n) is 9.04. The van der Waals surface area contributed by atoms with Gasteiger partial charge in [-0.3, -0.25) is 0 Å². The van der Waals surface area contributed by atoms with Gasteiger partial charge < -0.3 is 19.7 Å². The van der Waals surface area contributed by atoms with Crippen LogP contribution in [0.1, 0.15) is 10.4 Å². The van der Waals surface area contributed by atoms with E-state index in [0.717, 1.165) is 6.20 Å². The SMILES string of the molecule is O=C(O)c1cnoc1-c1cc2c(O)cccc2[nH]1. The third kappa shape index (κ3) is 1.43. The lowest BCUT2D eigenvalue weighted by Gasteiger charge is -1.92. The molecule has 0 bridgehead atoms. The number of carbonyl (C=O) groups is 1. The number of hydrogen-bond donors (Lipinski definition) is 3. The summed E-state index contributed by atoms with van der Waals surface area (Å²) >= 11 is 0. The van der Waals surface area contributed by atoms with Gasteiger partial charge in [-0.05, 0) is 18.2 Å². The normalized spacial score (nSPS) is 10.9. The number of phenols is 1. The highest BCUT2D eigenvalue weighted by atomic mass is 16.5. The molecule has 90 valence electrons. The average molecular weight is 244 g/mol. The number of fused-ring (bicyclic) bond motifs is 1. The van der Waals surface area contributed by atoms with Gasteiger partial charge in [-0.2, -0.15) is 0 Å². The molecule has 0 fully saturated rings. The van der Waals surface area contributed by atoms with Crippen molar-refractivity contribution in [1.82, 2.24) is 10.1 Å². The number of benzene rings is 1. The Labute approximate surface area is 100 Å². The van der Waals surface area contributed by atoms with Gasteiger partial charge >= 0.3 is 5.97 Å². The van der Waals surface area contributed by atoms with Crippen molar-refractivity contribution in [2.45, 2.75) is 0 Å². The summed E-state index contributed by atoms with van der Waals surface area (Å²) in [6.07, 6.45) is 1.14. The van der Waals surface area contributed by atoms with Gasteiger partial charge in [-0.1, -0.05) is 11.2 Å². The largest absolute Gasteiger partial charge is 0.507 e. The zero-order chi connectivity index (χ0) is 12.7. The monoisotopic (exact) mass is 244 g/mol. The second-order valence-electron chi connectivity index (χ2n) is 3.80. The standard InChI is InChI=1S/C12H8N2O4/c15-10-3-1-2-8-6(10)4-9(14-8)11-7(12(16)17)5-13-18-11/h1-5,14-15H,(H,16,17). The van der Waals surface area contributed by atoms with Crippen molar-refractivity contribution in [3.8, 4) is 17.2 Å². The maximum Gasteiger partial charge on any atom is 0.341 e. The van der Waals surface area contributed by atoms with Crippen molar-refractivity contribution < 1.29 is 19.5 Å². The van der Waals surface area contributed by atoms with Crippen molar-refractivity contribution in [1.29, 1.82) is 0 Å². The van der Waals surface area contributed by atoms with Crippen LogP contribution < -0.4 is 0 Å². The Morgan fingerprint density at radius 1 is 1.39 bits per heavy atom. The first-order chi connectivity index (χ1) is 8.66. The molecule has 6 heteroatoms. The minimum absolute atomic E-state index is 0.0268. The van der Waals surface area contributed by atoms with Crippen LogP contribution in [0.25, 0.3) is 22.4 Å².